The van der Waals surface area contributed by atoms with Crippen molar-refractivity contribution in [1.82, 2.24) is 0 Å². The minimum Gasteiger partial charge on any atom is -0.550 e. The Morgan fingerprint density at radius 3 is 2.32 bits per heavy atom. The highest BCUT2D eigenvalue weighted by molar-refractivity contribution is 7.17. The number of ether oxygens (including phenoxy) is 1. The van der Waals surface area contributed by atoms with Crippen LogP contribution in [0.25, 0.3) is 0 Å². The highest BCUT2D eigenvalue weighted by Gasteiger charge is 2.35. The summed E-state index contributed by atoms with van der Waals surface area (Å²) in [5, 5.41) is 14.9. The van der Waals surface area contributed by atoms with Gasteiger partial charge in [-0.2, -0.15) is 0 Å². The van der Waals surface area contributed by atoms with Crippen molar-refractivity contribution < 1.29 is 24.2 Å². The summed E-state index contributed by atoms with van der Waals surface area (Å²) in [6.45, 7) is 3.82. The molecule has 2 aliphatic rings. The molecule has 2 aliphatic carbocycles. The Labute approximate surface area is 169 Å². The maximum absolute atomic E-state index is 13.0. The average molecular weight is 405 g/mol. The number of fused-ring (bicyclic) bond motifs is 1. The Bertz CT molecular complexity index is 838. The Hall–Kier alpha value is -2.15. The lowest BCUT2D eigenvalue weighted by Gasteiger charge is -2.32. The van der Waals surface area contributed by atoms with Crippen LogP contribution in [0.4, 0.5) is 5.00 Å². The monoisotopic (exact) mass is 404 g/mol. The molecule has 6 nitrogen and oxygen atoms in total. The number of carbonyl (C=O) groups excluding carboxylic acids is 3. The molecule has 1 amide bonds. The summed E-state index contributed by atoms with van der Waals surface area (Å²) in [5.74, 6) is -3.60. The number of rotatable bonds is 4. The molecule has 0 aliphatic heterocycles. The van der Waals surface area contributed by atoms with E-state index < -0.39 is 23.8 Å². The summed E-state index contributed by atoms with van der Waals surface area (Å²) in [5.41, 5.74) is 3.43. The standard InChI is InChI=1S/C21H27NO5S/c1-11-9-14(15(20(24)25)10-12(11)2)18(23)22-19-17(21(26)27-3)13-7-5-4-6-8-16(13)28-19/h14-15H,4-10H2,1-3H3,(H,22,23)(H,24,25)/p-1/t14-,15+/m0/s1. The number of hydrogen-bond acceptors (Lipinski definition) is 6. The van der Waals surface area contributed by atoms with Gasteiger partial charge in [-0.3, -0.25) is 4.79 Å². The van der Waals surface area contributed by atoms with Crippen LogP contribution >= 0.6 is 11.3 Å². The topological polar surface area (TPSA) is 95.5 Å². The van der Waals surface area contributed by atoms with Gasteiger partial charge in [-0.05, 0) is 57.9 Å². The molecule has 0 spiro atoms. The van der Waals surface area contributed by atoms with Gasteiger partial charge in [0.2, 0.25) is 5.91 Å². The number of carboxylic acids is 1. The van der Waals surface area contributed by atoms with Crippen molar-refractivity contribution in [2.24, 2.45) is 11.8 Å². The second-order valence-electron chi connectivity index (χ2n) is 7.75. The number of allylic oxidation sites excluding steroid dienone is 2. The molecule has 1 aromatic heterocycles. The van der Waals surface area contributed by atoms with Crippen molar-refractivity contribution in [3.8, 4) is 0 Å². The fourth-order valence-corrected chi connectivity index (χ4v) is 5.45. The fraction of sp³-hybridized carbons (Fsp3) is 0.571. The highest BCUT2D eigenvalue weighted by atomic mass is 32.1. The number of aliphatic carboxylic acids is 1. The van der Waals surface area contributed by atoms with Gasteiger partial charge in [-0.15, -0.1) is 11.3 Å². The zero-order valence-electron chi connectivity index (χ0n) is 16.6. The van der Waals surface area contributed by atoms with Gasteiger partial charge in [-0.1, -0.05) is 17.6 Å². The number of esters is 1. The molecule has 0 radical (unpaired) electrons. The van der Waals surface area contributed by atoms with E-state index in [1.807, 2.05) is 13.8 Å². The fourth-order valence-electron chi connectivity index (χ4n) is 4.17. The first kappa shape index (κ1) is 20.6. The second-order valence-corrected chi connectivity index (χ2v) is 8.86. The Morgan fingerprint density at radius 1 is 1.04 bits per heavy atom. The zero-order valence-corrected chi connectivity index (χ0v) is 17.4. The van der Waals surface area contributed by atoms with Crippen molar-refractivity contribution in [2.75, 3.05) is 12.4 Å². The van der Waals surface area contributed by atoms with Crippen molar-refractivity contribution in [1.29, 1.82) is 0 Å². The van der Waals surface area contributed by atoms with Gasteiger partial charge in [0.25, 0.3) is 0 Å². The van der Waals surface area contributed by atoms with E-state index in [4.69, 9.17) is 4.74 Å². The quantitative estimate of drug-likeness (QED) is 0.473. The summed E-state index contributed by atoms with van der Waals surface area (Å²) < 4.78 is 4.96. The lowest BCUT2D eigenvalue weighted by molar-refractivity contribution is -0.313. The number of aryl methyl sites for hydroxylation is 1. The third kappa shape index (κ3) is 3.99. The first-order valence-electron chi connectivity index (χ1n) is 9.73. The number of methoxy groups -OCH3 is 1. The third-order valence-electron chi connectivity index (χ3n) is 5.95. The number of anilines is 1. The molecule has 0 aromatic carbocycles. The lowest BCUT2D eigenvalue weighted by Crippen LogP contribution is -2.42. The Morgan fingerprint density at radius 2 is 1.68 bits per heavy atom. The molecule has 1 heterocycles. The molecule has 28 heavy (non-hydrogen) atoms. The van der Waals surface area contributed by atoms with E-state index in [0.29, 0.717) is 23.4 Å². The molecule has 3 rings (SSSR count). The van der Waals surface area contributed by atoms with Crippen LogP contribution in [0, 0.1) is 11.8 Å². The van der Waals surface area contributed by atoms with E-state index in [2.05, 4.69) is 5.32 Å². The van der Waals surface area contributed by atoms with Gasteiger partial charge >= 0.3 is 5.97 Å². The van der Waals surface area contributed by atoms with Crippen LogP contribution < -0.4 is 10.4 Å². The van der Waals surface area contributed by atoms with Crippen LogP contribution in [0.15, 0.2) is 11.1 Å². The van der Waals surface area contributed by atoms with Crippen LogP contribution in [0.5, 0.6) is 0 Å². The van der Waals surface area contributed by atoms with Gasteiger partial charge < -0.3 is 20.0 Å². The van der Waals surface area contributed by atoms with Crippen LogP contribution in [-0.2, 0) is 27.2 Å². The SMILES string of the molecule is COC(=O)c1c(NC(=O)[C@H]2CC(C)=C(C)C[C@H]2C(=O)[O-])sc2c1CCCCC2. The van der Waals surface area contributed by atoms with Gasteiger partial charge in [0.05, 0.1) is 18.6 Å². The molecule has 0 bridgehead atoms. The molecule has 152 valence electrons. The first-order valence-corrected chi connectivity index (χ1v) is 10.5. The molecular weight excluding hydrogens is 378 g/mol. The maximum Gasteiger partial charge on any atom is 0.341 e. The third-order valence-corrected chi connectivity index (χ3v) is 7.16. The minimum atomic E-state index is -1.21. The van der Waals surface area contributed by atoms with Gasteiger partial charge in [0.1, 0.15) is 5.00 Å². The summed E-state index contributed by atoms with van der Waals surface area (Å²) in [4.78, 5) is 38.2. The molecular formula is C21H26NO5S-. The summed E-state index contributed by atoms with van der Waals surface area (Å²) in [6, 6.07) is 0. The molecule has 1 N–H and O–H groups in total. The summed E-state index contributed by atoms with van der Waals surface area (Å²) in [7, 11) is 1.33. The molecule has 2 atom stereocenters. The van der Waals surface area contributed by atoms with Crippen molar-refractivity contribution in [2.45, 2.75) is 58.8 Å². The lowest BCUT2D eigenvalue weighted by atomic mass is 9.76. The number of hydrogen-bond donors (Lipinski definition) is 1. The van der Waals surface area contributed by atoms with E-state index in [-0.39, 0.29) is 5.91 Å². The van der Waals surface area contributed by atoms with E-state index >= 15 is 0 Å². The summed E-state index contributed by atoms with van der Waals surface area (Å²) >= 11 is 1.41. The predicted octanol–water partition coefficient (Wildman–Crippen LogP) is 2.85. The normalized spacial score (nSPS) is 22.2. The molecule has 0 unspecified atom stereocenters. The zero-order chi connectivity index (χ0) is 20.4. The van der Waals surface area contributed by atoms with Crippen LogP contribution in [0.1, 0.15) is 66.8 Å². The number of amides is 1. The van der Waals surface area contributed by atoms with E-state index in [1.165, 1.54) is 18.4 Å². The molecule has 7 heteroatoms. The van der Waals surface area contributed by atoms with Crippen LogP contribution in [0.2, 0.25) is 0 Å². The van der Waals surface area contributed by atoms with Crippen LogP contribution in [-0.4, -0.2) is 25.0 Å². The molecule has 0 saturated carbocycles. The Kier molecular flexibility index (Phi) is 6.23. The van der Waals surface area contributed by atoms with Crippen molar-refractivity contribution >= 4 is 34.2 Å². The number of carboxylic acid groups (broad SMARTS) is 1. The van der Waals surface area contributed by atoms with Crippen molar-refractivity contribution in [3.63, 3.8) is 0 Å². The predicted molar refractivity (Wildman–Crippen MR) is 105 cm³/mol. The largest absolute Gasteiger partial charge is 0.550 e. The van der Waals surface area contributed by atoms with E-state index in [1.54, 1.807) is 0 Å². The molecule has 0 saturated heterocycles. The smallest absolute Gasteiger partial charge is 0.341 e. The molecule has 0 fully saturated rings. The summed E-state index contributed by atoms with van der Waals surface area (Å²) in [6.07, 6.45) is 5.54. The van der Waals surface area contributed by atoms with E-state index in [9.17, 15) is 19.5 Å². The number of nitrogens with one attached hydrogen (secondary N) is 1. The van der Waals surface area contributed by atoms with E-state index in [0.717, 1.165) is 53.7 Å². The molecule has 1 aromatic rings. The minimum absolute atomic E-state index is 0.317. The highest BCUT2D eigenvalue weighted by Crippen LogP contribution is 2.40. The van der Waals surface area contributed by atoms with Crippen molar-refractivity contribution in [3.05, 3.63) is 27.2 Å². The number of thiophene rings is 1. The van der Waals surface area contributed by atoms with Crippen LogP contribution in [0.3, 0.4) is 0 Å². The Balaban J connectivity index is 1.91. The first-order chi connectivity index (χ1) is 13.3. The van der Waals surface area contributed by atoms with Gasteiger partial charge in [0, 0.05) is 16.8 Å². The average Bonchev–Trinajstić information content (AvgIpc) is 2.83. The number of carbonyl (C=O) groups is 3. The van der Waals surface area contributed by atoms with Gasteiger partial charge in [0.15, 0.2) is 0 Å². The maximum atomic E-state index is 13.0. The second kappa shape index (κ2) is 8.47. The van der Waals surface area contributed by atoms with Gasteiger partial charge in [-0.25, -0.2) is 4.79 Å².